The van der Waals surface area contributed by atoms with Gasteiger partial charge in [0, 0.05) is 17.5 Å². The number of ketones is 2. The molecule has 2 aromatic rings. The highest BCUT2D eigenvalue weighted by Crippen LogP contribution is 2.27. The fraction of sp³-hybridized carbons (Fsp3) is 0.200. The van der Waals surface area contributed by atoms with Crippen molar-refractivity contribution in [3.63, 3.8) is 0 Å². The molecule has 2 aromatic carbocycles. The van der Waals surface area contributed by atoms with Gasteiger partial charge in [0.05, 0.1) is 5.71 Å². The minimum atomic E-state index is -0.938. The Morgan fingerprint density at radius 1 is 0.960 bits per heavy atom. The number of amides is 1. The summed E-state index contributed by atoms with van der Waals surface area (Å²) in [5.74, 6) is -1.72. The van der Waals surface area contributed by atoms with Crippen LogP contribution in [-0.2, 0) is 11.2 Å². The first-order valence-corrected chi connectivity index (χ1v) is 8.12. The number of nitrogens with one attached hydrogen (secondary N) is 1. The van der Waals surface area contributed by atoms with E-state index < -0.39 is 5.92 Å². The van der Waals surface area contributed by atoms with Crippen molar-refractivity contribution in [2.24, 2.45) is 11.0 Å². The zero-order chi connectivity index (χ0) is 17.8. The second kappa shape index (κ2) is 7.21. The summed E-state index contributed by atoms with van der Waals surface area (Å²) < 4.78 is 0. The van der Waals surface area contributed by atoms with Crippen LogP contribution in [0.3, 0.4) is 0 Å². The third kappa shape index (κ3) is 3.55. The van der Waals surface area contributed by atoms with E-state index in [-0.39, 0.29) is 23.9 Å². The van der Waals surface area contributed by atoms with Crippen LogP contribution in [0, 0.1) is 5.92 Å². The lowest BCUT2D eigenvalue weighted by Crippen LogP contribution is -2.27. The third-order valence-corrected chi connectivity index (χ3v) is 4.24. The van der Waals surface area contributed by atoms with Crippen LogP contribution in [0.2, 0.25) is 0 Å². The Hall–Kier alpha value is -3.08. The van der Waals surface area contributed by atoms with Crippen LogP contribution in [0.15, 0.2) is 59.7 Å². The molecule has 0 spiro atoms. The molecule has 1 aliphatic carbocycles. The molecule has 3 rings (SSSR count). The van der Waals surface area contributed by atoms with Crippen LogP contribution in [0.25, 0.3) is 0 Å². The predicted molar refractivity (Wildman–Crippen MR) is 94.6 cm³/mol. The summed E-state index contributed by atoms with van der Waals surface area (Å²) in [6.45, 7) is 1.59. The average Bonchev–Trinajstić information content (AvgIpc) is 2.90. The van der Waals surface area contributed by atoms with Crippen molar-refractivity contribution in [3.05, 3.63) is 71.3 Å². The normalized spacial score (nSPS) is 14.5. The van der Waals surface area contributed by atoms with Gasteiger partial charge in [0.25, 0.3) is 0 Å². The van der Waals surface area contributed by atoms with E-state index in [0.717, 1.165) is 5.56 Å². The first-order valence-electron chi connectivity index (χ1n) is 8.12. The smallest absolute Gasteiger partial charge is 0.240 e. The summed E-state index contributed by atoms with van der Waals surface area (Å²) in [5.41, 5.74) is 4.65. The number of Topliss-reactive ketones (excluding diaryl/α,β-unsaturated/α-hetero) is 2. The molecule has 0 saturated heterocycles. The molecule has 0 bridgehead atoms. The molecule has 0 aromatic heterocycles. The van der Waals surface area contributed by atoms with E-state index in [2.05, 4.69) is 10.5 Å². The highest BCUT2D eigenvalue weighted by molar-refractivity contribution is 6.36. The maximum Gasteiger partial charge on any atom is 0.240 e. The van der Waals surface area contributed by atoms with Crippen LogP contribution in [-0.4, -0.2) is 23.2 Å². The summed E-state index contributed by atoms with van der Waals surface area (Å²) >= 11 is 0. The topological polar surface area (TPSA) is 75.6 Å². The van der Waals surface area contributed by atoms with Gasteiger partial charge >= 0.3 is 0 Å². The third-order valence-electron chi connectivity index (χ3n) is 4.24. The number of rotatable bonds is 5. The van der Waals surface area contributed by atoms with Gasteiger partial charge in [0.1, 0.15) is 5.92 Å². The van der Waals surface area contributed by atoms with Gasteiger partial charge in [-0.1, -0.05) is 54.6 Å². The molecule has 1 N–H and O–H groups in total. The lowest BCUT2D eigenvalue weighted by atomic mass is 9.99. The Labute approximate surface area is 145 Å². The Bertz CT molecular complexity index is 821. The van der Waals surface area contributed by atoms with Gasteiger partial charge in [-0.05, 0) is 18.9 Å². The molecule has 0 aliphatic heterocycles. The van der Waals surface area contributed by atoms with E-state index >= 15 is 0 Å². The Morgan fingerprint density at radius 2 is 1.52 bits per heavy atom. The molecule has 1 amide bonds. The van der Waals surface area contributed by atoms with Crippen molar-refractivity contribution >= 4 is 23.2 Å². The summed E-state index contributed by atoms with van der Waals surface area (Å²) in [4.78, 5) is 36.7. The second-order valence-electron chi connectivity index (χ2n) is 5.98. The average molecular weight is 334 g/mol. The number of hydrazone groups is 1. The highest BCUT2D eigenvalue weighted by atomic mass is 16.2. The quantitative estimate of drug-likeness (QED) is 0.519. The summed E-state index contributed by atoms with van der Waals surface area (Å²) in [5, 5.41) is 3.98. The minimum Gasteiger partial charge on any atom is -0.293 e. The van der Waals surface area contributed by atoms with E-state index in [4.69, 9.17) is 0 Å². The van der Waals surface area contributed by atoms with Crippen molar-refractivity contribution in [1.82, 2.24) is 5.43 Å². The monoisotopic (exact) mass is 334 g/mol. The fourth-order valence-corrected chi connectivity index (χ4v) is 2.90. The molecule has 0 fully saturated rings. The molecule has 0 atom stereocenters. The first kappa shape index (κ1) is 16.8. The number of carbonyl (C=O) groups excluding carboxylic acids is 3. The first-order chi connectivity index (χ1) is 12.1. The molecule has 0 saturated carbocycles. The largest absolute Gasteiger partial charge is 0.293 e. The standard InChI is InChI=1S/C20H18N2O3/c1-13(18-19(24)15-9-5-6-10-16(15)20(18)25)21-22-17(23)12-11-14-7-3-2-4-8-14/h2-10,18H,11-12H2,1H3,(H,22,23)/b21-13-. The molecular formula is C20H18N2O3. The van der Waals surface area contributed by atoms with E-state index in [1.54, 1.807) is 31.2 Å². The van der Waals surface area contributed by atoms with Crippen molar-refractivity contribution in [3.8, 4) is 0 Å². The minimum absolute atomic E-state index is 0.251. The fourth-order valence-electron chi connectivity index (χ4n) is 2.90. The van der Waals surface area contributed by atoms with Gasteiger partial charge in [-0.3, -0.25) is 14.4 Å². The van der Waals surface area contributed by atoms with Gasteiger partial charge in [-0.2, -0.15) is 5.10 Å². The molecule has 5 heteroatoms. The summed E-state index contributed by atoms with van der Waals surface area (Å²) in [6, 6.07) is 16.4. The Morgan fingerprint density at radius 3 is 2.12 bits per heavy atom. The molecule has 126 valence electrons. The number of fused-ring (bicyclic) bond motifs is 1. The van der Waals surface area contributed by atoms with E-state index in [0.29, 0.717) is 23.3 Å². The van der Waals surface area contributed by atoms with E-state index in [1.165, 1.54) is 0 Å². The SMILES string of the molecule is C/C(=N/NC(=O)CCc1ccccc1)C1C(=O)c2ccccc2C1=O. The van der Waals surface area contributed by atoms with E-state index in [1.807, 2.05) is 30.3 Å². The van der Waals surface area contributed by atoms with E-state index in [9.17, 15) is 14.4 Å². The molecule has 1 aliphatic rings. The predicted octanol–water partition coefficient (Wildman–Crippen LogP) is 2.81. The Balaban J connectivity index is 1.62. The van der Waals surface area contributed by atoms with Crippen molar-refractivity contribution in [1.29, 1.82) is 0 Å². The van der Waals surface area contributed by atoms with Gasteiger partial charge in [0.15, 0.2) is 11.6 Å². The van der Waals surface area contributed by atoms with Crippen LogP contribution in [0.1, 0.15) is 39.6 Å². The molecule has 0 unspecified atom stereocenters. The second-order valence-corrected chi connectivity index (χ2v) is 5.98. The van der Waals surface area contributed by atoms with Crippen LogP contribution >= 0.6 is 0 Å². The van der Waals surface area contributed by atoms with Gasteiger partial charge in [-0.25, -0.2) is 5.43 Å². The van der Waals surface area contributed by atoms with Gasteiger partial charge in [0.2, 0.25) is 5.91 Å². The molecule has 0 radical (unpaired) electrons. The van der Waals surface area contributed by atoms with Crippen molar-refractivity contribution in [2.75, 3.05) is 0 Å². The van der Waals surface area contributed by atoms with Crippen LogP contribution in [0.5, 0.6) is 0 Å². The maximum atomic E-state index is 12.4. The van der Waals surface area contributed by atoms with Crippen molar-refractivity contribution < 1.29 is 14.4 Å². The summed E-state index contributed by atoms with van der Waals surface area (Å²) in [7, 11) is 0. The summed E-state index contributed by atoms with van der Waals surface area (Å²) in [6.07, 6.45) is 0.890. The zero-order valence-corrected chi connectivity index (χ0v) is 13.9. The Kier molecular flexibility index (Phi) is 4.84. The highest BCUT2D eigenvalue weighted by Gasteiger charge is 2.40. The maximum absolute atomic E-state index is 12.4. The molecule has 5 nitrogen and oxygen atoms in total. The lowest BCUT2D eigenvalue weighted by molar-refractivity contribution is -0.121. The number of aryl methyl sites for hydroxylation is 1. The lowest BCUT2D eigenvalue weighted by Gasteiger charge is -2.07. The number of nitrogens with zero attached hydrogens (tertiary/aromatic N) is 1. The van der Waals surface area contributed by atoms with Crippen LogP contribution < -0.4 is 5.43 Å². The zero-order valence-electron chi connectivity index (χ0n) is 13.9. The molecule has 0 heterocycles. The molecular weight excluding hydrogens is 316 g/mol. The van der Waals surface area contributed by atoms with Gasteiger partial charge < -0.3 is 0 Å². The van der Waals surface area contributed by atoms with Crippen LogP contribution in [0.4, 0.5) is 0 Å². The number of hydrogen-bond acceptors (Lipinski definition) is 4. The number of benzene rings is 2. The number of hydrogen-bond donors (Lipinski definition) is 1. The number of carbonyl (C=O) groups is 3. The van der Waals surface area contributed by atoms with Crippen molar-refractivity contribution in [2.45, 2.75) is 19.8 Å². The van der Waals surface area contributed by atoms with Gasteiger partial charge in [-0.15, -0.1) is 0 Å². The molecule has 25 heavy (non-hydrogen) atoms.